The molecule has 0 radical (unpaired) electrons. The quantitative estimate of drug-likeness (QED) is 0.485. The van der Waals surface area contributed by atoms with Gasteiger partial charge in [0.1, 0.15) is 0 Å². The smallest absolute Gasteiger partial charge is 0.251 e. The number of anilines is 3. The van der Waals surface area contributed by atoms with Gasteiger partial charge in [-0.05, 0) is 42.5 Å². The summed E-state index contributed by atoms with van der Waals surface area (Å²) in [6.07, 6.45) is 1.83. The lowest BCUT2D eigenvalue weighted by Gasteiger charge is -2.26. The van der Waals surface area contributed by atoms with E-state index in [0.717, 1.165) is 49.7 Å². The molecule has 2 aliphatic heterocycles. The molecule has 2 aliphatic rings. The summed E-state index contributed by atoms with van der Waals surface area (Å²) < 4.78 is 5.34. The van der Waals surface area contributed by atoms with Gasteiger partial charge >= 0.3 is 0 Å². The lowest BCUT2D eigenvalue weighted by atomic mass is 10.1. The third-order valence-corrected chi connectivity index (χ3v) is 6.18. The van der Waals surface area contributed by atoms with Crippen molar-refractivity contribution in [2.75, 3.05) is 50.0 Å². The van der Waals surface area contributed by atoms with Gasteiger partial charge in [0.05, 0.1) is 31.0 Å². The SMILES string of the molecule is O=C1Cc2cnc(Nc3ccc(C(=O)NCCN4CCOCC4)cc3)nc2-c2ccc(Cl)cc2N1. The number of nitrogens with one attached hydrogen (secondary N) is 3. The summed E-state index contributed by atoms with van der Waals surface area (Å²) in [5, 5.41) is 9.54. The lowest BCUT2D eigenvalue weighted by Crippen LogP contribution is -2.41. The highest BCUT2D eigenvalue weighted by Gasteiger charge is 2.21. The third kappa shape index (κ3) is 5.59. The fraction of sp³-hybridized carbons (Fsp3) is 0.280. The number of aromatic nitrogens is 2. The van der Waals surface area contributed by atoms with Crippen LogP contribution in [0.15, 0.2) is 48.7 Å². The number of hydrogen-bond acceptors (Lipinski definition) is 7. The van der Waals surface area contributed by atoms with Crippen molar-refractivity contribution in [3.8, 4) is 11.3 Å². The Bertz CT molecular complexity index is 1240. The lowest BCUT2D eigenvalue weighted by molar-refractivity contribution is -0.115. The third-order valence-electron chi connectivity index (χ3n) is 5.95. The van der Waals surface area contributed by atoms with Crippen LogP contribution in [0.25, 0.3) is 11.3 Å². The highest BCUT2D eigenvalue weighted by molar-refractivity contribution is 6.31. The maximum absolute atomic E-state index is 12.5. The summed E-state index contributed by atoms with van der Waals surface area (Å²) >= 11 is 6.11. The molecule has 0 aliphatic carbocycles. The molecule has 10 heteroatoms. The predicted molar refractivity (Wildman–Crippen MR) is 134 cm³/mol. The van der Waals surface area contributed by atoms with Crippen LogP contribution in [0.4, 0.5) is 17.3 Å². The first-order valence-corrected chi connectivity index (χ1v) is 11.8. The number of hydrogen-bond donors (Lipinski definition) is 3. The molecule has 0 atom stereocenters. The molecule has 5 rings (SSSR count). The maximum atomic E-state index is 12.5. The number of ether oxygens (including phenoxy) is 1. The molecule has 9 nitrogen and oxygen atoms in total. The second kappa shape index (κ2) is 10.4. The van der Waals surface area contributed by atoms with Crippen LogP contribution < -0.4 is 16.0 Å². The summed E-state index contributed by atoms with van der Waals surface area (Å²) in [6, 6.07) is 12.5. The molecule has 180 valence electrons. The Hall–Kier alpha value is -3.53. The van der Waals surface area contributed by atoms with E-state index < -0.39 is 0 Å². The topological polar surface area (TPSA) is 108 Å². The molecule has 3 N–H and O–H groups in total. The Labute approximate surface area is 207 Å². The first kappa shape index (κ1) is 23.2. The van der Waals surface area contributed by atoms with Crippen molar-refractivity contribution in [3.05, 3.63) is 64.8 Å². The van der Waals surface area contributed by atoms with Gasteiger partial charge in [0.25, 0.3) is 5.91 Å². The molecule has 35 heavy (non-hydrogen) atoms. The minimum atomic E-state index is -0.143. The summed E-state index contributed by atoms with van der Waals surface area (Å²) in [6.45, 7) is 4.67. The van der Waals surface area contributed by atoms with E-state index in [0.29, 0.717) is 34.5 Å². The van der Waals surface area contributed by atoms with E-state index in [9.17, 15) is 9.59 Å². The molecule has 0 bridgehead atoms. The van der Waals surface area contributed by atoms with E-state index in [2.05, 4.69) is 30.8 Å². The number of amides is 2. The molecule has 3 aromatic rings. The van der Waals surface area contributed by atoms with E-state index in [1.54, 1.807) is 30.5 Å². The van der Waals surface area contributed by atoms with Gasteiger partial charge in [-0.3, -0.25) is 14.5 Å². The van der Waals surface area contributed by atoms with Crippen LogP contribution in [0.2, 0.25) is 5.02 Å². The van der Waals surface area contributed by atoms with Gasteiger partial charge in [0.2, 0.25) is 11.9 Å². The Kier molecular flexibility index (Phi) is 6.89. The Morgan fingerprint density at radius 2 is 1.94 bits per heavy atom. The molecule has 3 heterocycles. The summed E-state index contributed by atoms with van der Waals surface area (Å²) in [4.78, 5) is 36.1. The van der Waals surface area contributed by atoms with Crippen LogP contribution in [-0.4, -0.2) is 66.1 Å². The average Bonchev–Trinajstić information content (AvgIpc) is 2.99. The van der Waals surface area contributed by atoms with Crippen LogP contribution in [-0.2, 0) is 16.0 Å². The Morgan fingerprint density at radius 1 is 1.14 bits per heavy atom. The molecule has 0 saturated carbocycles. The van der Waals surface area contributed by atoms with Gasteiger partial charge in [0.15, 0.2) is 0 Å². The van der Waals surface area contributed by atoms with E-state index in [-0.39, 0.29) is 18.2 Å². The molecule has 0 spiro atoms. The average molecular weight is 493 g/mol. The fourth-order valence-corrected chi connectivity index (χ4v) is 4.28. The van der Waals surface area contributed by atoms with Gasteiger partial charge in [-0.2, -0.15) is 0 Å². The predicted octanol–water partition coefficient (Wildman–Crippen LogP) is 3.10. The molecule has 1 fully saturated rings. The van der Waals surface area contributed by atoms with Crippen LogP contribution in [0.1, 0.15) is 15.9 Å². The van der Waals surface area contributed by atoms with Crippen molar-refractivity contribution in [2.45, 2.75) is 6.42 Å². The van der Waals surface area contributed by atoms with Crippen molar-refractivity contribution >= 4 is 40.7 Å². The van der Waals surface area contributed by atoms with Crippen LogP contribution in [0.5, 0.6) is 0 Å². The number of fused-ring (bicyclic) bond motifs is 3. The fourth-order valence-electron chi connectivity index (χ4n) is 4.11. The minimum absolute atomic E-state index is 0.112. The van der Waals surface area contributed by atoms with Crippen molar-refractivity contribution < 1.29 is 14.3 Å². The zero-order chi connectivity index (χ0) is 24.2. The largest absolute Gasteiger partial charge is 0.379 e. The number of carbonyl (C=O) groups excluding carboxylic acids is 2. The van der Waals surface area contributed by atoms with E-state index >= 15 is 0 Å². The number of morpholine rings is 1. The number of halogens is 1. The zero-order valence-electron chi connectivity index (χ0n) is 19.0. The van der Waals surface area contributed by atoms with E-state index in [1.165, 1.54) is 0 Å². The van der Waals surface area contributed by atoms with Gasteiger partial charge in [-0.15, -0.1) is 0 Å². The summed E-state index contributed by atoms with van der Waals surface area (Å²) in [5.74, 6) is 0.135. The molecule has 1 saturated heterocycles. The molecular formula is C25H25ClN6O3. The highest BCUT2D eigenvalue weighted by atomic mass is 35.5. The van der Waals surface area contributed by atoms with Crippen LogP contribution >= 0.6 is 11.6 Å². The van der Waals surface area contributed by atoms with Gasteiger partial charge in [0, 0.05) is 59.8 Å². The molecular weight excluding hydrogens is 468 g/mol. The summed E-state index contributed by atoms with van der Waals surface area (Å²) in [7, 11) is 0. The number of benzene rings is 2. The monoisotopic (exact) mass is 492 g/mol. The van der Waals surface area contributed by atoms with Crippen molar-refractivity contribution in [2.24, 2.45) is 0 Å². The first-order chi connectivity index (χ1) is 17.0. The Morgan fingerprint density at radius 3 is 2.74 bits per heavy atom. The number of nitrogens with zero attached hydrogens (tertiary/aromatic N) is 3. The molecule has 0 unspecified atom stereocenters. The van der Waals surface area contributed by atoms with E-state index in [4.69, 9.17) is 16.3 Å². The molecule has 2 amide bonds. The highest BCUT2D eigenvalue weighted by Crippen LogP contribution is 2.34. The maximum Gasteiger partial charge on any atom is 0.251 e. The normalized spacial score (nSPS) is 15.4. The van der Waals surface area contributed by atoms with Gasteiger partial charge < -0.3 is 20.7 Å². The number of carbonyl (C=O) groups is 2. The summed E-state index contributed by atoms with van der Waals surface area (Å²) in [5.41, 5.74) is 4.13. The zero-order valence-corrected chi connectivity index (χ0v) is 19.8. The van der Waals surface area contributed by atoms with Crippen molar-refractivity contribution in [1.29, 1.82) is 0 Å². The first-order valence-electron chi connectivity index (χ1n) is 11.5. The Balaban J connectivity index is 1.25. The van der Waals surface area contributed by atoms with Crippen LogP contribution in [0.3, 0.4) is 0 Å². The molecule has 2 aromatic carbocycles. The standard InChI is InChI=1S/C25H25ClN6O3/c26-18-3-6-20-21(14-18)30-22(33)13-17-15-28-25(31-23(17)20)29-19-4-1-16(2-5-19)24(34)27-7-8-32-9-11-35-12-10-32/h1-6,14-15H,7-13H2,(H,27,34)(H,30,33)(H,28,29,31). The minimum Gasteiger partial charge on any atom is -0.379 e. The second-order valence-corrected chi connectivity index (χ2v) is 8.83. The molecule has 1 aromatic heterocycles. The second-order valence-electron chi connectivity index (χ2n) is 8.39. The van der Waals surface area contributed by atoms with Crippen molar-refractivity contribution in [3.63, 3.8) is 0 Å². The van der Waals surface area contributed by atoms with Gasteiger partial charge in [-0.25, -0.2) is 9.97 Å². The van der Waals surface area contributed by atoms with Gasteiger partial charge in [-0.1, -0.05) is 11.6 Å². The van der Waals surface area contributed by atoms with E-state index in [1.807, 2.05) is 18.2 Å². The van der Waals surface area contributed by atoms with Crippen molar-refractivity contribution in [1.82, 2.24) is 20.2 Å². The van der Waals surface area contributed by atoms with Crippen LogP contribution in [0, 0.1) is 0 Å². The number of rotatable bonds is 6.